The quantitative estimate of drug-likeness (QED) is 0.778. The van der Waals surface area contributed by atoms with Crippen LogP contribution in [0.2, 0.25) is 0 Å². The van der Waals surface area contributed by atoms with Crippen LogP contribution >= 0.6 is 0 Å². The molecule has 1 unspecified atom stereocenters. The van der Waals surface area contributed by atoms with Crippen molar-refractivity contribution in [3.05, 3.63) is 24.2 Å². The van der Waals surface area contributed by atoms with E-state index in [0.717, 1.165) is 5.76 Å². The van der Waals surface area contributed by atoms with Crippen molar-refractivity contribution >= 4 is 11.8 Å². The smallest absolute Gasteiger partial charge is 0.307 e. The fourth-order valence-corrected chi connectivity index (χ4v) is 1.59. The van der Waals surface area contributed by atoms with Gasteiger partial charge >= 0.3 is 5.97 Å². The first kappa shape index (κ1) is 13.4. The molecule has 1 heterocycles. The maximum absolute atomic E-state index is 11.1. The fraction of sp³-hybridized carbons (Fsp3) is 0.500. The molecule has 17 heavy (non-hydrogen) atoms. The molecule has 5 nitrogen and oxygen atoms in total. The SMILES string of the molecule is CC(=O)CN(Cc1ccco1)CC(C)C(=O)O. The van der Waals surface area contributed by atoms with Gasteiger partial charge in [-0.1, -0.05) is 6.92 Å². The number of furan rings is 1. The Hall–Kier alpha value is -1.62. The molecule has 0 aliphatic carbocycles. The van der Waals surface area contributed by atoms with Gasteiger partial charge in [-0.3, -0.25) is 14.5 Å². The Labute approximate surface area is 100 Å². The minimum Gasteiger partial charge on any atom is -0.481 e. The van der Waals surface area contributed by atoms with Gasteiger partial charge in [0, 0.05) is 6.54 Å². The van der Waals surface area contributed by atoms with E-state index in [2.05, 4.69) is 0 Å². The molecule has 1 rings (SSSR count). The van der Waals surface area contributed by atoms with Gasteiger partial charge in [-0.05, 0) is 19.1 Å². The van der Waals surface area contributed by atoms with Crippen molar-refractivity contribution in [2.24, 2.45) is 5.92 Å². The second-order valence-electron chi connectivity index (χ2n) is 4.19. The monoisotopic (exact) mass is 239 g/mol. The number of Topliss-reactive ketones (excluding diaryl/α,β-unsaturated/α-hetero) is 1. The molecule has 1 aromatic rings. The molecule has 0 aliphatic heterocycles. The average molecular weight is 239 g/mol. The Balaban J connectivity index is 2.60. The number of carboxylic acids is 1. The minimum absolute atomic E-state index is 0.00847. The van der Waals surface area contributed by atoms with Gasteiger partial charge in [0.05, 0.1) is 25.3 Å². The van der Waals surface area contributed by atoms with E-state index < -0.39 is 11.9 Å². The van der Waals surface area contributed by atoms with Crippen molar-refractivity contribution in [2.45, 2.75) is 20.4 Å². The molecule has 1 aromatic heterocycles. The highest BCUT2D eigenvalue weighted by Crippen LogP contribution is 2.08. The number of nitrogens with zero attached hydrogens (tertiary/aromatic N) is 1. The van der Waals surface area contributed by atoms with E-state index in [0.29, 0.717) is 13.1 Å². The van der Waals surface area contributed by atoms with Gasteiger partial charge in [0.1, 0.15) is 11.5 Å². The first-order valence-electron chi connectivity index (χ1n) is 5.46. The lowest BCUT2D eigenvalue weighted by Gasteiger charge is -2.21. The van der Waals surface area contributed by atoms with Gasteiger partial charge < -0.3 is 9.52 Å². The first-order chi connectivity index (χ1) is 7.99. The van der Waals surface area contributed by atoms with Crippen LogP contribution in [0.4, 0.5) is 0 Å². The van der Waals surface area contributed by atoms with E-state index in [9.17, 15) is 9.59 Å². The fourth-order valence-electron chi connectivity index (χ4n) is 1.59. The zero-order valence-corrected chi connectivity index (χ0v) is 10.0. The molecule has 0 radical (unpaired) electrons. The number of carboxylic acid groups (broad SMARTS) is 1. The van der Waals surface area contributed by atoms with Crippen LogP contribution in [0.25, 0.3) is 0 Å². The Morgan fingerprint density at radius 3 is 2.71 bits per heavy atom. The molecule has 0 bridgehead atoms. The lowest BCUT2D eigenvalue weighted by Crippen LogP contribution is -2.34. The number of rotatable bonds is 7. The largest absolute Gasteiger partial charge is 0.481 e. The van der Waals surface area contributed by atoms with E-state index in [1.807, 2.05) is 0 Å². The van der Waals surface area contributed by atoms with Crippen LogP contribution < -0.4 is 0 Å². The third-order valence-corrected chi connectivity index (χ3v) is 2.36. The summed E-state index contributed by atoms with van der Waals surface area (Å²) in [7, 11) is 0. The number of aliphatic carboxylic acids is 1. The molecule has 0 aromatic carbocycles. The Morgan fingerprint density at radius 1 is 1.53 bits per heavy atom. The Kier molecular flexibility index (Phi) is 4.90. The number of hydrogen-bond acceptors (Lipinski definition) is 4. The highest BCUT2D eigenvalue weighted by molar-refractivity contribution is 5.77. The topological polar surface area (TPSA) is 70.8 Å². The molecule has 0 saturated heterocycles. The van der Waals surface area contributed by atoms with E-state index in [4.69, 9.17) is 9.52 Å². The summed E-state index contributed by atoms with van der Waals surface area (Å²) in [6, 6.07) is 3.57. The Morgan fingerprint density at radius 2 is 2.24 bits per heavy atom. The molecule has 0 amide bonds. The lowest BCUT2D eigenvalue weighted by atomic mass is 10.1. The maximum atomic E-state index is 11.1. The summed E-state index contributed by atoms with van der Waals surface area (Å²) < 4.78 is 5.19. The summed E-state index contributed by atoms with van der Waals surface area (Å²) in [4.78, 5) is 23.7. The van der Waals surface area contributed by atoms with Crippen molar-refractivity contribution in [3.8, 4) is 0 Å². The number of ketones is 1. The number of carbonyl (C=O) groups is 2. The number of hydrogen-bond donors (Lipinski definition) is 1. The van der Waals surface area contributed by atoms with E-state index in [1.165, 1.54) is 6.92 Å². The summed E-state index contributed by atoms with van der Waals surface area (Å²) in [5, 5.41) is 8.86. The summed E-state index contributed by atoms with van der Waals surface area (Å²) >= 11 is 0. The first-order valence-corrected chi connectivity index (χ1v) is 5.46. The van der Waals surface area contributed by atoms with E-state index in [-0.39, 0.29) is 12.3 Å². The predicted octanol–water partition coefficient (Wildman–Crippen LogP) is 1.39. The Bertz CT molecular complexity index is 372. The van der Waals surface area contributed by atoms with Crippen molar-refractivity contribution in [1.29, 1.82) is 0 Å². The summed E-state index contributed by atoms with van der Waals surface area (Å²) in [6.45, 7) is 4.12. The van der Waals surface area contributed by atoms with Crippen LogP contribution in [0.15, 0.2) is 22.8 Å². The standard InChI is InChI=1S/C12H17NO4/c1-9(12(15)16)6-13(7-10(2)14)8-11-4-3-5-17-11/h3-5,9H,6-8H2,1-2H3,(H,15,16). The van der Waals surface area contributed by atoms with Crippen LogP contribution in [0.3, 0.4) is 0 Å². The maximum Gasteiger partial charge on any atom is 0.307 e. The van der Waals surface area contributed by atoms with Crippen LogP contribution in [-0.4, -0.2) is 34.8 Å². The minimum atomic E-state index is -0.863. The third-order valence-electron chi connectivity index (χ3n) is 2.36. The van der Waals surface area contributed by atoms with Gasteiger partial charge in [-0.25, -0.2) is 0 Å². The summed E-state index contributed by atoms with van der Waals surface area (Å²) in [5.41, 5.74) is 0. The van der Waals surface area contributed by atoms with Crippen molar-refractivity contribution in [3.63, 3.8) is 0 Å². The second kappa shape index (κ2) is 6.20. The number of carbonyl (C=O) groups excluding carboxylic acids is 1. The summed E-state index contributed by atoms with van der Waals surface area (Å²) in [5.74, 6) is -0.639. The van der Waals surface area contributed by atoms with Gasteiger partial charge in [-0.15, -0.1) is 0 Å². The normalized spacial score (nSPS) is 12.6. The molecule has 0 fully saturated rings. The summed E-state index contributed by atoms with van der Waals surface area (Å²) in [6.07, 6.45) is 1.56. The second-order valence-corrected chi connectivity index (χ2v) is 4.19. The zero-order valence-electron chi connectivity index (χ0n) is 10.0. The van der Waals surface area contributed by atoms with Crippen molar-refractivity contribution in [2.75, 3.05) is 13.1 Å². The molecule has 0 aliphatic rings. The van der Waals surface area contributed by atoms with Crippen molar-refractivity contribution < 1.29 is 19.1 Å². The van der Waals surface area contributed by atoms with E-state index >= 15 is 0 Å². The van der Waals surface area contributed by atoms with Gasteiger partial charge in [-0.2, -0.15) is 0 Å². The molecule has 0 saturated carbocycles. The lowest BCUT2D eigenvalue weighted by molar-refractivity contribution is -0.142. The van der Waals surface area contributed by atoms with Gasteiger partial charge in [0.25, 0.3) is 0 Å². The molecular weight excluding hydrogens is 222 g/mol. The van der Waals surface area contributed by atoms with Crippen LogP contribution in [0, 0.1) is 5.92 Å². The van der Waals surface area contributed by atoms with Crippen LogP contribution in [-0.2, 0) is 16.1 Å². The predicted molar refractivity (Wildman–Crippen MR) is 61.5 cm³/mol. The van der Waals surface area contributed by atoms with Crippen molar-refractivity contribution in [1.82, 2.24) is 4.90 Å². The third kappa shape index (κ3) is 4.82. The van der Waals surface area contributed by atoms with Gasteiger partial charge in [0.15, 0.2) is 0 Å². The molecule has 5 heteroatoms. The molecule has 0 spiro atoms. The molecule has 1 atom stereocenters. The average Bonchev–Trinajstić information content (AvgIpc) is 2.68. The van der Waals surface area contributed by atoms with Gasteiger partial charge in [0.2, 0.25) is 0 Å². The van der Waals surface area contributed by atoms with Crippen LogP contribution in [0.5, 0.6) is 0 Å². The van der Waals surface area contributed by atoms with E-state index in [1.54, 1.807) is 30.2 Å². The zero-order chi connectivity index (χ0) is 12.8. The molecule has 1 N–H and O–H groups in total. The molecule has 94 valence electrons. The highest BCUT2D eigenvalue weighted by Gasteiger charge is 2.18. The molecular formula is C12H17NO4. The highest BCUT2D eigenvalue weighted by atomic mass is 16.4. The van der Waals surface area contributed by atoms with Crippen LogP contribution in [0.1, 0.15) is 19.6 Å².